The van der Waals surface area contributed by atoms with Crippen LogP contribution in [0.4, 0.5) is 0 Å². The van der Waals surface area contributed by atoms with Gasteiger partial charge in [0.2, 0.25) is 5.91 Å². The monoisotopic (exact) mass is 278 g/mol. The molecule has 0 spiro atoms. The summed E-state index contributed by atoms with van der Waals surface area (Å²) in [6.07, 6.45) is 4.41. The number of rotatable bonds is 2. The number of carbonyl (C=O) groups is 1. The Kier molecular flexibility index (Phi) is 3.58. The maximum Gasteiger partial charge on any atom is 0.223 e. The number of nitrogens with one attached hydrogen (secondary N) is 2. The molecule has 0 aromatic carbocycles. The second-order valence-corrected chi connectivity index (χ2v) is 3.73. The lowest BCUT2D eigenvalue weighted by molar-refractivity contribution is -0.120. The molecule has 3 nitrogen and oxygen atoms in total. The molecule has 0 saturated heterocycles. The lowest BCUT2D eigenvalue weighted by Gasteiger charge is -2.13. The first kappa shape index (κ1) is 9.57. The van der Waals surface area contributed by atoms with Gasteiger partial charge in [0.25, 0.3) is 0 Å². The number of amides is 1. The van der Waals surface area contributed by atoms with Gasteiger partial charge in [0, 0.05) is 21.9 Å². The van der Waals surface area contributed by atoms with Crippen molar-refractivity contribution in [1.29, 1.82) is 0 Å². The first-order valence-electron chi connectivity index (χ1n) is 3.82. The fourth-order valence-electron chi connectivity index (χ4n) is 0.865. The molecule has 1 aliphatic heterocycles. The van der Waals surface area contributed by atoms with Gasteiger partial charge in [-0.25, -0.2) is 0 Å². The SMILES string of the molecule is CCC(=O)NC1=CC(I)=CNC1. The molecule has 0 aliphatic carbocycles. The Bertz CT molecular complexity index is 245. The van der Waals surface area contributed by atoms with Crippen molar-refractivity contribution >= 4 is 28.5 Å². The van der Waals surface area contributed by atoms with Crippen LogP contribution in [0.2, 0.25) is 0 Å². The van der Waals surface area contributed by atoms with Crippen LogP contribution in [0.15, 0.2) is 21.6 Å². The minimum Gasteiger partial charge on any atom is -0.384 e. The summed E-state index contributed by atoms with van der Waals surface area (Å²) in [5.41, 5.74) is 0.939. The first-order valence-corrected chi connectivity index (χ1v) is 4.89. The molecule has 0 bridgehead atoms. The van der Waals surface area contributed by atoms with Crippen LogP contribution >= 0.6 is 22.6 Å². The number of halogens is 1. The van der Waals surface area contributed by atoms with Gasteiger partial charge in [-0.2, -0.15) is 0 Å². The van der Waals surface area contributed by atoms with E-state index in [0.29, 0.717) is 13.0 Å². The van der Waals surface area contributed by atoms with Gasteiger partial charge < -0.3 is 10.6 Å². The second kappa shape index (κ2) is 4.49. The molecule has 12 heavy (non-hydrogen) atoms. The Morgan fingerprint density at radius 3 is 3.17 bits per heavy atom. The number of dihydropyridines is 1. The molecule has 0 fully saturated rings. The fraction of sp³-hybridized carbons (Fsp3) is 0.375. The van der Waals surface area contributed by atoms with E-state index in [0.717, 1.165) is 9.28 Å². The molecule has 0 atom stereocenters. The molecule has 0 saturated carbocycles. The standard InChI is InChI=1S/C8H11IN2O/c1-2-8(12)11-7-3-6(9)4-10-5-7/h3-4,10H,2,5H2,1H3,(H,11,12). The lowest BCUT2D eigenvalue weighted by atomic mass is 10.3. The summed E-state index contributed by atoms with van der Waals surface area (Å²) in [5, 5.41) is 5.87. The molecule has 0 aromatic rings. The predicted octanol–water partition coefficient (Wildman–Crippen LogP) is 1.28. The van der Waals surface area contributed by atoms with E-state index in [1.165, 1.54) is 0 Å². The minimum atomic E-state index is 0.0640. The summed E-state index contributed by atoms with van der Waals surface area (Å²) in [6.45, 7) is 2.55. The normalized spacial score (nSPS) is 15.8. The highest BCUT2D eigenvalue weighted by Gasteiger charge is 2.04. The average molecular weight is 278 g/mol. The summed E-state index contributed by atoms with van der Waals surface area (Å²) in [7, 11) is 0. The van der Waals surface area contributed by atoms with Crippen LogP contribution in [-0.2, 0) is 4.79 Å². The van der Waals surface area contributed by atoms with Crippen molar-refractivity contribution in [2.45, 2.75) is 13.3 Å². The van der Waals surface area contributed by atoms with Crippen LogP contribution in [-0.4, -0.2) is 12.5 Å². The van der Waals surface area contributed by atoms with Crippen LogP contribution < -0.4 is 10.6 Å². The molecule has 1 aliphatic rings. The third-order valence-corrected chi connectivity index (χ3v) is 2.09. The van der Waals surface area contributed by atoms with Crippen molar-refractivity contribution in [3.8, 4) is 0 Å². The quantitative estimate of drug-likeness (QED) is 0.747. The van der Waals surface area contributed by atoms with Crippen molar-refractivity contribution in [3.05, 3.63) is 21.6 Å². The maximum absolute atomic E-state index is 11.0. The van der Waals surface area contributed by atoms with E-state index in [1.54, 1.807) is 0 Å². The van der Waals surface area contributed by atoms with E-state index in [4.69, 9.17) is 0 Å². The zero-order valence-electron chi connectivity index (χ0n) is 6.86. The molecule has 1 amide bonds. The first-order chi connectivity index (χ1) is 5.72. The van der Waals surface area contributed by atoms with E-state index in [9.17, 15) is 4.79 Å². The molecule has 4 heteroatoms. The van der Waals surface area contributed by atoms with Gasteiger partial charge in [0.1, 0.15) is 0 Å². The molecule has 0 radical (unpaired) electrons. The molecule has 2 N–H and O–H groups in total. The van der Waals surface area contributed by atoms with Crippen molar-refractivity contribution in [1.82, 2.24) is 10.6 Å². The summed E-state index contributed by atoms with van der Waals surface area (Å²) < 4.78 is 1.10. The predicted molar refractivity (Wildman–Crippen MR) is 56.6 cm³/mol. The largest absolute Gasteiger partial charge is 0.384 e. The fourth-order valence-corrected chi connectivity index (χ4v) is 1.46. The van der Waals surface area contributed by atoms with Crippen LogP contribution in [0.5, 0.6) is 0 Å². The van der Waals surface area contributed by atoms with E-state index >= 15 is 0 Å². The van der Waals surface area contributed by atoms with Gasteiger partial charge in [-0.3, -0.25) is 4.79 Å². The van der Waals surface area contributed by atoms with Gasteiger partial charge in [-0.15, -0.1) is 0 Å². The summed E-state index contributed by atoms with van der Waals surface area (Å²) >= 11 is 2.20. The average Bonchev–Trinajstić information content (AvgIpc) is 2.04. The highest BCUT2D eigenvalue weighted by atomic mass is 127. The number of allylic oxidation sites excluding steroid dienone is 2. The number of hydrogen-bond donors (Lipinski definition) is 2. The van der Waals surface area contributed by atoms with Crippen LogP contribution in [0.3, 0.4) is 0 Å². The van der Waals surface area contributed by atoms with Gasteiger partial charge in [-0.05, 0) is 28.7 Å². The van der Waals surface area contributed by atoms with Gasteiger partial charge in [0.15, 0.2) is 0 Å². The molecule has 66 valence electrons. The van der Waals surface area contributed by atoms with Crippen LogP contribution in [0, 0.1) is 0 Å². The lowest BCUT2D eigenvalue weighted by Crippen LogP contribution is -2.29. The third kappa shape index (κ3) is 2.84. The summed E-state index contributed by atoms with van der Waals surface area (Å²) in [5.74, 6) is 0.0640. The minimum absolute atomic E-state index is 0.0640. The molecular formula is C8H11IN2O. The van der Waals surface area contributed by atoms with E-state index in [1.807, 2.05) is 19.2 Å². The highest BCUT2D eigenvalue weighted by molar-refractivity contribution is 14.1. The molecular weight excluding hydrogens is 267 g/mol. The molecule has 1 rings (SSSR count). The van der Waals surface area contributed by atoms with Crippen LogP contribution in [0.25, 0.3) is 0 Å². The Labute approximate surface area is 85.4 Å². The van der Waals surface area contributed by atoms with E-state index < -0.39 is 0 Å². The molecule has 1 heterocycles. The highest BCUT2D eigenvalue weighted by Crippen LogP contribution is 2.11. The van der Waals surface area contributed by atoms with Gasteiger partial charge in [0.05, 0.1) is 6.54 Å². The summed E-state index contributed by atoms with van der Waals surface area (Å²) in [6, 6.07) is 0. The molecule has 0 unspecified atom stereocenters. The Hall–Kier alpha value is -0.520. The number of hydrogen-bond acceptors (Lipinski definition) is 2. The Morgan fingerprint density at radius 2 is 2.58 bits per heavy atom. The van der Waals surface area contributed by atoms with Gasteiger partial charge >= 0.3 is 0 Å². The topological polar surface area (TPSA) is 41.1 Å². The smallest absolute Gasteiger partial charge is 0.223 e. The third-order valence-electron chi connectivity index (χ3n) is 1.47. The van der Waals surface area contributed by atoms with Crippen molar-refractivity contribution in [2.24, 2.45) is 0 Å². The van der Waals surface area contributed by atoms with Crippen LogP contribution in [0.1, 0.15) is 13.3 Å². The Morgan fingerprint density at radius 1 is 1.83 bits per heavy atom. The van der Waals surface area contributed by atoms with Crippen molar-refractivity contribution in [3.63, 3.8) is 0 Å². The number of carbonyl (C=O) groups excluding carboxylic acids is 1. The zero-order valence-corrected chi connectivity index (χ0v) is 9.01. The van der Waals surface area contributed by atoms with Crippen molar-refractivity contribution < 1.29 is 4.79 Å². The van der Waals surface area contributed by atoms with E-state index in [2.05, 4.69) is 33.2 Å². The Balaban J connectivity index is 2.53. The molecule has 0 aromatic heterocycles. The summed E-state index contributed by atoms with van der Waals surface area (Å²) in [4.78, 5) is 11.0. The maximum atomic E-state index is 11.0. The zero-order chi connectivity index (χ0) is 8.97. The van der Waals surface area contributed by atoms with Gasteiger partial charge in [-0.1, -0.05) is 6.92 Å². The second-order valence-electron chi connectivity index (χ2n) is 2.48. The van der Waals surface area contributed by atoms with Crippen molar-refractivity contribution in [2.75, 3.05) is 6.54 Å². The van der Waals surface area contributed by atoms with E-state index in [-0.39, 0.29) is 5.91 Å².